The molecule has 2 aliphatic heterocycles. The number of piperidine rings is 2. The third-order valence-electron chi connectivity index (χ3n) is 5.67. The van der Waals surface area contributed by atoms with Crippen LogP contribution in [0.3, 0.4) is 0 Å². The fraction of sp³-hybridized carbons (Fsp3) is 0.650. The number of amides is 1. The maximum Gasteiger partial charge on any atom is 0.223 e. The first-order valence-corrected chi connectivity index (χ1v) is 9.44. The predicted molar refractivity (Wildman–Crippen MR) is 94.2 cm³/mol. The topological polar surface area (TPSA) is 23.6 Å². The number of rotatable bonds is 4. The molecule has 0 aromatic heterocycles. The molecule has 24 heavy (non-hydrogen) atoms. The molecule has 2 saturated heterocycles. The van der Waals surface area contributed by atoms with E-state index in [4.69, 9.17) is 0 Å². The molecular formula is C20H29FN2O. The summed E-state index contributed by atoms with van der Waals surface area (Å²) in [5.74, 6) is 0.562. The van der Waals surface area contributed by atoms with Crippen LogP contribution in [0.25, 0.3) is 0 Å². The Morgan fingerprint density at radius 3 is 2.67 bits per heavy atom. The van der Waals surface area contributed by atoms with Gasteiger partial charge in [-0.25, -0.2) is 4.39 Å². The van der Waals surface area contributed by atoms with Crippen LogP contribution in [0, 0.1) is 11.7 Å². The molecule has 2 fully saturated rings. The van der Waals surface area contributed by atoms with Crippen LogP contribution in [-0.4, -0.2) is 41.9 Å². The summed E-state index contributed by atoms with van der Waals surface area (Å²) in [6, 6.07) is 6.83. The van der Waals surface area contributed by atoms with Gasteiger partial charge in [-0.15, -0.1) is 0 Å². The lowest BCUT2D eigenvalue weighted by Gasteiger charge is -2.38. The zero-order chi connectivity index (χ0) is 16.9. The largest absolute Gasteiger partial charge is 0.336 e. The van der Waals surface area contributed by atoms with E-state index in [-0.39, 0.29) is 17.8 Å². The Morgan fingerprint density at radius 1 is 1.17 bits per heavy atom. The fourth-order valence-electron chi connectivity index (χ4n) is 4.16. The number of carbonyl (C=O) groups is 1. The number of likely N-dealkylation sites (tertiary alicyclic amines) is 2. The zero-order valence-electron chi connectivity index (χ0n) is 14.7. The van der Waals surface area contributed by atoms with Gasteiger partial charge >= 0.3 is 0 Å². The van der Waals surface area contributed by atoms with Gasteiger partial charge in [-0.1, -0.05) is 19.1 Å². The fourth-order valence-corrected chi connectivity index (χ4v) is 4.16. The second kappa shape index (κ2) is 8.11. The minimum absolute atomic E-state index is 0.0534. The van der Waals surface area contributed by atoms with E-state index in [0.717, 1.165) is 63.8 Å². The SMILES string of the molecule is CCN1CCC(CC(=O)N2CCCC[C@@H]2c2cccc(F)c2)CC1. The van der Waals surface area contributed by atoms with E-state index < -0.39 is 0 Å². The summed E-state index contributed by atoms with van der Waals surface area (Å²) in [4.78, 5) is 17.4. The van der Waals surface area contributed by atoms with Crippen molar-refractivity contribution >= 4 is 5.91 Å². The van der Waals surface area contributed by atoms with Crippen molar-refractivity contribution in [3.8, 4) is 0 Å². The van der Waals surface area contributed by atoms with Gasteiger partial charge in [0.2, 0.25) is 5.91 Å². The predicted octanol–water partition coefficient (Wildman–Crippen LogP) is 4.00. The molecule has 2 aliphatic rings. The van der Waals surface area contributed by atoms with Crippen molar-refractivity contribution < 1.29 is 9.18 Å². The highest BCUT2D eigenvalue weighted by Gasteiger charge is 2.30. The van der Waals surface area contributed by atoms with Crippen LogP contribution < -0.4 is 0 Å². The van der Waals surface area contributed by atoms with E-state index >= 15 is 0 Å². The third kappa shape index (κ3) is 4.15. The van der Waals surface area contributed by atoms with Gasteiger partial charge in [0.05, 0.1) is 6.04 Å². The average Bonchev–Trinajstić information content (AvgIpc) is 2.62. The van der Waals surface area contributed by atoms with E-state index in [1.807, 2.05) is 11.0 Å². The molecular weight excluding hydrogens is 303 g/mol. The minimum Gasteiger partial charge on any atom is -0.336 e. The highest BCUT2D eigenvalue weighted by Crippen LogP contribution is 2.33. The number of halogens is 1. The standard InChI is InChI=1S/C20H29FN2O/c1-2-22-12-9-16(10-13-22)14-20(24)23-11-4-3-8-19(23)17-6-5-7-18(21)15-17/h5-7,15-16,19H,2-4,8-14H2,1H3/t19-/m1/s1. The smallest absolute Gasteiger partial charge is 0.223 e. The van der Waals surface area contributed by atoms with Crippen LogP contribution in [0.5, 0.6) is 0 Å². The van der Waals surface area contributed by atoms with Gasteiger partial charge in [0, 0.05) is 13.0 Å². The Balaban J connectivity index is 1.63. The second-order valence-corrected chi connectivity index (χ2v) is 7.24. The van der Waals surface area contributed by atoms with E-state index in [9.17, 15) is 9.18 Å². The van der Waals surface area contributed by atoms with Crippen molar-refractivity contribution in [1.82, 2.24) is 9.80 Å². The van der Waals surface area contributed by atoms with Crippen molar-refractivity contribution in [2.24, 2.45) is 5.92 Å². The summed E-state index contributed by atoms with van der Waals surface area (Å²) in [5, 5.41) is 0. The van der Waals surface area contributed by atoms with Gasteiger partial charge in [-0.05, 0) is 75.4 Å². The maximum atomic E-state index is 13.6. The first-order valence-electron chi connectivity index (χ1n) is 9.44. The van der Waals surface area contributed by atoms with Gasteiger partial charge in [-0.2, -0.15) is 0 Å². The Hall–Kier alpha value is -1.42. The van der Waals surface area contributed by atoms with Gasteiger partial charge in [0.25, 0.3) is 0 Å². The molecule has 1 aromatic carbocycles. The van der Waals surface area contributed by atoms with Crippen LogP contribution in [0.15, 0.2) is 24.3 Å². The molecule has 2 heterocycles. The first-order chi connectivity index (χ1) is 11.7. The van der Waals surface area contributed by atoms with Gasteiger partial charge < -0.3 is 9.80 Å². The van der Waals surface area contributed by atoms with Crippen LogP contribution >= 0.6 is 0 Å². The molecule has 4 heteroatoms. The molecule has 0 saturated carbocycles. The molecule has 0 bridgehead atoms. The quantitative estimate of drug-likeness (QED) is 0.832. The average molecular weight is 332 g/mol. The second-order valence-electron chi connectivity index (χ2n) is 7.24. The number of hydrogen-bond donors (Lipinski definition) is 0. The molecule has 1 atom stereocenters. The Bertz CT molecular complexity index is 554. The molecule has 0 aliphatic carbocycles. The van der Waals surface area contributed by atoms with E-state index in [1.165, 1.54) is 6.07 Å². The van der Waals surface area contributed by atoms with E-state index in [0.29, 0.717) is 12.3 Å². The normalized spacial score (nSPS) is 23.4. The van der Waals surface area contributed by atoms with Crippen molar-refractivity contribution in [3.63, 3.8) is 0 Å². The van der Waals surface area contributed by atoms with Gasteiger partial charge in [0.15, 0.2) is 0 Å². The number of carbonyl (C=O) groups excluding carboxylic acids is 1. The lowest BCUT2D eigenvalue weighted by molar-refractivity contribution is -0.136. The Labute approximate surface area is 144 Å². The van der Waals surface area contributed by atoms with Gasteiger partial charge in [-0.3, -0.25) is 4.79 Å². The maximum absolute atomic E-state index is 13.6. The summed E-state index contributed by atoms with van der Waals surface area (Å²) in [6.45, 7) is 6.34. The van der Waals surface area contributed by atoms with Crippen molar-refractivity contribution in [3.05, 3.63) is 35.6 Å². The number of hydrogen-bond acceptors (Lipinski definition) is 2. The molecule has 0 radical (unpaired) electrons. The van der Waals surface area contributed by atoms with Crippen LogP contribution in [0.4, 0.5) is 4.39 Å². The lowest BCUT2D eigenvalue weighted by Crippen LogP contribution is -2.41. The summed E-state index contributed by atoms with van der Waals surface area (Å²) >= 11 is 0. The van der Waals surface area contributed by atoms with E-state index in [2.05, 4.69) is 11.8 Å². The lowest BCUT2D eigenvalue weighted by atomic mass is 9.90. The molecule has 132 valence electrons. The molecule has 3 nitrogen and oxygen atoms in total. The van der Waals surface area contributed by atoms with Crippen molar-refractivity contribution in [1.29, 1.82) is 0 Å². The van der Waals surface area contributed by atoms with Crippen LogP contribution in [-0.2, 0) is 4.79 Å². The Morgan fingerprint density at radius 2 is 1.96 bits per heavy atom. The number of benzene rings is 1. The number of nitrogens with zero attached hydrogens (tertiary/aromatic N) is 2. The van der Waals surface area contributed by atoms with E-state index in [1.54, 1.807) is 12.1 Å². The highest BCUT2D eigenvalue weighted by molar-refractivity contribution is 5.77. The van der Waals surface area contributed by atoms with Crippen molar-refractivity contribution in [2.45, 2.75) is 51.5 Å². The summed E-state index contributed by atoms with van der Waals surface area (Å²) in [6.07, 6.45) is 6.02. The van der Waals surface area contributed by atoms with Crippen molar-refractivity contribution in [2.75, 3.05) is 26.2 Å². The Kier molecular flexibility index (Phi) is 5.88. The molecule has 0 spiro atoms. The monoisotopic (exact) mass is 332 g/mol. The van der Waals surface area contributed by atoms with Crippen LogP contribution in [0.1, 0.15) is 57.1 Å². The summed E-state index contributed by atoms with van der Waals surface area (Å²) < 4.78 is 13.6. The van der Waals surface area contributed by atoms with Gasteiger partial charge in [0.1, 0.15) is 5.82 Å². The minimum atomic E-state index is -0.211. The third-order valence-corrected chi connectivity index (χ3v) is 5.67. The first kappa shape index (κ1) is 17.4. The molecule has 1 aromatic rings. The molecule has 0 N–H and O–H groups in total. The summed E-state index contributed by atoms with van der Waals surface area (Å²) in [5.41, 5.74) is 0.948. The molecule has 0 unspecified atom stereocenters. The molecule has 3 rings (SSSR count). The summed E-state index contributed by atoms with van der Waals surface area (Å²) in [7, 11) is 0. The highest BCUT2D eigenvalue weighted by atomic mass is 19.1. The zero-order valence-corrected chi connectivity index (χ0v) is 14.7. The van der Waals surface area contributed by atoms with Crippen LogP contribution in [0.2, 0.25) is 0 Å². The molecule has 1 amide bonds.